The third kappa shape index (κ3) is 4.83. The minimum atomic E-state index is -0.381. The Balaban J connectivity index is 1.52. The number of anilines is 3. The van der Waals surface area contributed by atoms with Crippen molar-refractivity contribution in [2.75, 3.05) is 16.0 Å². The number of hydrogen-bond acceptors (Lipinski definition) is 3. The van der Waals surface area contributed by atoms with Gasteiger partial charge in [0.25, 0.3) is 0 Å². The molecule has 3 rings (SSSR count). The molecule has 3 N–H and O–H groups in total. The van der Waals surface area contributed by atoms with Crippen LogP contribution >= 0.6 is 0 Å². The summed E-state index contributed by atoms with van der Waals surface area (Å²) in [5, 5.41) is 8.95. The van der Waals surface area contributed by atoms with Crippen molar-refractivity contribution in [1.29, 1.82) is 0 Å². The van der Waals surface area contributed by atoms with Gasteiger partial charge in [0.1, 0.15) is 6.04 Å². The van der Waals surface area contributed by atoms with Crippen LogP contribution in [0.1, 0.15) is 25.3 Å². The van der Waals surface area contributed by atoms with Crippen LogP contribution in [0.4, 0.5) is 17.1 Å². The lowest BCUT2D eigenvalue weighted by atomic mass is 10.2. The molecule has 2 amide bonds. The smallest absolute Gasteiger partial charge is 0.246 e. The van der Waals surface area contributed by atoms with Crippen LogP contribution in [0.25, 0.3) is 0 Å². The molecule has 1 aliphatic carbocycles. The van der Waals surface area contributed by atoms with Crippen LogP contribution in [0.2, 0.25) is 0 Å². The molecule has 1 atom stereocenters. The monoisotopic (exact) mass is 337 g/mol. The SMILES string of the molecule is Cc1ccc(NC(=O)[C@H](C)Nc2ccc(NC(=O)C3CC3)cc2)cc1. The highest BCUT2D eigenvalue weighted by Gasteiger charge is 2.29. The number of aryl methyl sites for hydroxylation is 1. The lowest BCUT2D eigenvalue weighted by Crippen LogP contribution is -2.31. The van der Waals surface area contributed by atoms with Gasteiger partial charge in [0.05, 0.1) is 0 Å². The zero-order chi connectivity index (χ0) is 17.8. The van der Waals surface area contributed by atoms with Gasteiger partial charge in [0.2, 0.25) is 11.8 Å². The lowest BCUT2D eigenvalue weighted by Gasteiger charge is -2.16. The number of amides is 2. The highest BCUT2D eigenvalue weighted by Crippen LogP contribution is 2.30. The summed E-state index contributed by atoms with van der Waals surface area (Å²) in [5.74, 6) is 0.171. The van der Waals surface area contributed by atoms with E-state index in [0.29, 0.717) is 0 Å². The van der Waals surface area contributed by atoms with Crippen molar-refractivity contribution in [3.63, 3.8) is 0 Å². The fourth-order valence-electron chi connectivity index (χ4n) is 2.44. The van der Waals surface area contributed by atoms with Crippen LogP contribution in [0.3, 0.4) is 0 Å². The number of carbonyl (C=O) groups excluding carboxylic acids is 2. The van der Waals surface area contributed by atoms with E-state index in [4.69, 9.17) is 0 Å². The van der Waals surface area contributed by atoms with Gasteiger partial charge in [0, 0.05) is 23.0 Å². The highest BCUT2D eigenvalue weighted by atomic mass is 16.2. The summed E-state index contributed by atoms with van der Waals surface area (Å²) in [4.78, 5) is 24.0. The van der Waals surface area contributed by atoms with E-state index in [-0.39, 0.29) is 23.8 Å². The zero-order valence-corrected chi connectivity index (χ0v) is 14.5. The van der Waals surface area contributed by atoms with Crippen LogP contribution in [0.15, 0.2) is 48.5 Å². The second-order valence-corrected chi connectivity index (χ2v) is 6.56. The molecule has 25 heavy (non-hydrogen) atoms. The highest BCUT2D eigenvalue weighted by molar-refractivity contribution is 5.96. The maximum Gasteiger partial charge on any atom is 0.246 e. The molecule has 5 heteroatoms. The number of benzene rings is 2. The Morgan fingerprint density at radius 1 is 0.880 bits per heavy atom. The summed E-state index contributed by atoms with van der Waals surface area (Å²) in [6, 6.07) is 14.7. The minimum Gasteiger partial charge on any atom is -0.374 e. The van der Waals surface area contributed by atoms with E-state index in [1.807, 2.05) is 62.4 Å². The first-order valence-corrected chi connectivity index (χ1v) is 8.56. The summed E-state index contributed by atoms with van der Waals surface area (Å²) >= 11 is 0. The molecule has 130 valence electrons. The second-order valence-electron chi connectivity index (χ2n) is 6.56. The van der Waals surface area contributed by atoms with E-state index >= 15 is 0 Å². The molecule has 0 aliphatic heterocycles. The molecule has 5 nitrogen and oxygen atoms in total. The third-order valence-electron chi connectivity index (χ3n) is 4.20. The van der Waals surface area contributed by atoms with E-state index in [1.54, 1.807) is 0 Å². The predicted molar refractivity (Wildman–Crippen MR) is 101 cm³/mol. The standard InChI is InChI=1S/C20H23N3O2/c1-13-3-7-17(8-4-13)22-19(24)14(2)21-16-9-11-18(12-10-16)23-20(25)15-5-6-15/h3-4,7-12,14-15,21H,5-6H2,1-2H3,(H,22,24)(H,23,25)/t14-/m0/s1. The number of nitrogens with one attached hydrogen (secondary N) is 3. The largest absolute Gasteiger partial charge is 0.374 e. The molecule has 0 saturated heterocycles. The summed E-state index contributed by atoms with van der Waals surface area (Å²) in [5.41, 5.74) is 3.54. The zero-order valence-electron chi connectivity index (χ0n) is 14.5. The molecule has 2 aromatic rings. The van der Waals surface area contributed by atoms with E-state index in [9.17, 15) is 9.59 Å². The van der Waals surface area contributed by atoms with Crippen LogP contribution in [-0.2, 0) is 9.59 Å². The Labute approximate surface area is 147 Å². The quantitative estimate of drug-likeness (QED) is 0.751. The Hall–Kier alpha value is -2.82. The Bertz CT molecular complexity index is 750. The van der Waals surface area contributed by atoms with E-state index in [2.05, 4.69) is 16.0 Å². The van der Waals surface area contributed by atoms with Crippen molar-refractivity contribution in [1.82, 2.24) is 0 Å². The van der Waals surface area contributed by atoms with Crippen molar-refractivity contribution < 1.29 is 9.59 Å². The van der Waals surface area contributed by atoms with Gasteiger partial charge in [-0.2, -0.15) is 0 Å². The van der Waals surface area contributed by atoms with Crippen molar-refractivity contribution in [3.8, 4) is 0 Å². The van der Waals surface area contributed by atoms with Gasteiger partial charge in [0.15, 0.2) is 0 Å². The van der Waals surface area contributed by atoms with Gasteiger partial charge in [-0.25, -0.2) is 0 Å². The van der Waals surface area contributed by atoms with Crippen molar-refractivity contribution in [3.05, 3.63) is 54.1 Å². The average molecular weight is 337 g/mol. The Morgan fingerprint density at radius 3 is 2.00 bits per heavy atom. The molecule has 0 radical (unpaired) electrons. The van der Waals surface area contributed by atoms with Gasteiger partial charge in [-0.1, -0.05) is 17.7 Å². The summed E-state index contributed by atoms with van der Waals surface area (Å²) in [7, 11) is 0. The van der Waals surface area contributed by atoms with Crippen molar-refractivity contribution in [2.24, 2.45) is 5.92 Å². The van der Waals surface area contributed by atoms with Gasteiger partial charge in [-0.15, -0.1) is 0 Å². The summed E-state index contributed by atoms with van der Waals surface area (Å²) in [6.07, 6.45) is 1.97. The predicted octanol–water partition coefficient (Wildman–Crippen LogP) is 3.78. The fraction of sp³-hybridized carbons (Fsp3) is 0.300. The molecule has 0 heterocycles. The van der Waals surface area contributed by atoms with E-state index in [1.165, 1.54) is 0 Å². The molecule has 2 aromatic carbocycles. The van der Waals surface area contributed by atoms with Crippen molar-refractivity contribution in [2.45, 2.75) is 32.7 Å². The normalized spacial score (nSPS) is 14.5. The second kappa shape index (κ2) is 7.38. The Kier molecular flexibility index (Phi) is 5.03. The average Bonchev–Trinajstić information content (AvgIpc) is 3.43. The van der Waals surface area contributed by atoms with Gasteiger partial charge in [-0.05, 0) is 63.1 Å². The molecule has 0 spiro atoms. The third-order valence-corrected chi connectivity index (χ3v) is 4.20. The first-order chi connectivity index (χ1) is 12.0. The lowest BCUT2D eigenvalue weighted by molar-refractivity contribution is -0.117. The number of hydrogen-bond donors (Lipinski definition) is 3. The summed E-state index contributed by atoms with van der Waals surface area (Å²) < 4.78 is 0. The van der Waals surface area contributed by atoms with Crippen LogP contribution in [0.5, 0.6) is 0 Å². The maximum atomic E-state index is 12.3. The molecular formula is C20H23N3O2. The van der Waals surface area contributed by atoms with E-state index < -0.39 is 0 Å². The molecule has 0 unspecified atom stereocenters. The molecule has 0 aromatic heterocycles. The first kappa shape index (κ1) is 17.0. The van der Waals surface area contributed by atoms with Crippen LogP contribution in [-0.4, -0.2) is 17.9 Å². The van der Waals surface area contributed by atoms with Crippen molar-refractivity contribution >= 4 is 28.9 Å². The minimum absolute atomic E-state index is 0.0894. The topological polar surface area (TPSA) is 70.2 Å². The molecule has 0 bridgehead atoms. The molecule has 1 saturated carbocycles. The van der Waals surface area contributed by atoms with Crippen LogP contribution in [0, 0.1) is 12.8 Å². The number of rotatable bonds is 6. The van der Waals surface area contributed by atoms with Crippen LogP contribution < -0.4 is 16.0 Å². The molecule has 1 aliphatic rings. The number of carbonyl (C=O) groups is 2. The maximum absolute atomic E-state index is 12.3. The Morgan fingerprint density at radius 2 is 1.40 bits per heavy atom. The molecular weight excluding hydrogens is 314 g/mol. The summed E-state index contributed by atoms with van der Waals surface area (Å²) in [6.45, 7) is 3.82. The fourth-order valence-corrected chi connectivity index (χ4v) is 2.44. The first-order valence-electron chi connectivity index (χ1n) is 8.56. The van der Waals surface area contributed by atoms with E-state index in [0.717, 1.165) is 35.5 Å². The molecule has 1 fully saturated rings. The van der Waals surface area contributed by atoms with Gasteiger partial charge >= 0.3 is 0 Å². The van der Waals surface area contributed by atoms with Gasteiger partial charge < -0.3 is 16.0 Å². The van der Waals surface area contributed by atoms with Gasteiger partial charge in [-0.3, -0.25) is 9.59 Å².